The van der Waals surface area contributed by atoms with E-state index < -0.39 is 0 Å². The molecule has 5 nitrogen and oxygen atoms in total. The first-order valence-electron chi connectivity index (χ1n) is 6.57. The van der Waals surface area contributed by atoms with Crippen LogP contribution in [-0.2, 0) is 13.5 Å². The second-order valence-corrected chi connectivity index (χ2v) is 5.21. The van der Waals surface area contributed by atoms with E-state index in [1.807, 2.05) is 40.6 Å². The molecule has 6 heteroatoms. The van der Waals surface area contributed by atoms with Gasteiger partial charge in [-0.2, -0.15) is 5.10 Å². The van der Waals surface area contributed by atoms with Crippen LogP contribution in [0.4, 0.5) is 5.95 Å². The Morgan fingerprint density at radius 1 is 1.35 bits per heavy atom. The summed E-state index contributed by atoms with van der Waals surface area (Å²) in [4.78, 5) is 4.47. The maximum Gasteiger partial charge on any atom is 0.207 e. The van der Waals surface area contributed by atoms with Gasteiger partial charge in [0.05, 0.1) is 11.4 Å². The van der Waals surface area contributed by atoms with Gasteiger partial charge in [0.1, 0.15) is 5.52 Å². The molecule has 2 aromatic heterocycles. The molecule has 104 valence electrons. The number of rotatable bonds is 3. The lowest BCUT2D eigenvalue weighted by atomic mass is 10.2. The van der Waals surface area contributed by atoms with Crippen LogP contribution in [0.2, 0.25) is 5.02 Å². The second kappa shape index (κ2) is 4.83. The summed E-state index contributed by atoms with van der Waals surface area (Å²) in [6.45, 7) is 2.12. The van der Waals surface area contributed by atoms with Crippen molar-refractivity contribution in [1.29, 1.82) is 0 Å². The molecular formula is C14H16ClN5. The summed E-state index contributed by atoms with van der Waals surface area (Å²) in [5.74, 6) is 0.451. The molecule has 0 aliphatic rings. The van der Waals surface area contributed by atoms with Crippen molar-refractivity contribution in [2.24, 2.45) is 7.05 Å². The summed E-state index contributed by atoms with van der Waals surface area (Å²) in [5, 5.41) is 5.20. The summed E-state index contributed by atoms with van der Waals surface area (Å²) in [6, 6.07) is 7.55. The van der Waals surface area contributed by atoms with Gasteiger partial charge in [-0.15, -0.1) is 0 Å². The monoisotopic (exact) mass is 289 g/mol. The van der Waals surface area contributed by atoms with Crippen LogP contribution in [0.3, 0.4) is 0 Å². The highest BCUT2D eigenvalue weighted by molar-refractivity contribution is 6.30. The van der Waals surface area contributed by atoms with Crippen LogP contribution < -0.4 is 5.73 Å². The van der Waals surface area contributed by atoms with Crippen molar-refractivity contribution < 1.29 is 0 Å². The lowest BCUT2D eigenvalue weighted by molar-refractivity contribution is 0.738. The van der Waals surface area contributed by atoms with E-state index in [2.05, 4.69) is 17.0 Å². The summed E-state index contributed by atoms with van der Waals surface area (Å²) < 4.78 is 3.71. The third-order valence-electron chi connectivity index (χ3n) is 3.28. The molecule has 0 atom stereocenters. The van der Waals surface area contributed by atoms with E-state index in [-0.39, 0.29) is 0 Å². The van der Waals surface area contributed by atoms with Crippen molar-refractivity contribution >= 4 is 28.7 Å². The van der Waals surface area contributed by atoms with E-state index in [1.54, 1.807) is 0 Å². The zero-order valence-electron chi connectivity index (χ0n) is 11.5. The van der Waals surface area contributed by atoms with Crippen molar-refractivity contribution in [3.05, 3.63) is 35.0 Å². The minimum absolute atomic E-state index is 0.451. The Bertz CT molecular complexity index is 771. The summed E-state index contributed by atoms with van der Waals surface area (Å²) >= 11 is 6.06. The minimum atomic E-state index is 0.451. The van der Waals surface area contributed by atoms with Crippen LogP contribution in [0.5, 0.6) is 0 Å². The van der Waals surface area contributed by atoms with Gasteiger partial charge >= 0.3 is 0 Å². The first-order chi connectivity index (χ1) is 9.61. The van der Waals surface area contributed by atoms with E-state index >= 15 is 0 Å². The number of nitrogens with zero attached hydrogens (tertiary/aromatic N) is 4. The van der Waals surface area contributed by atoms with Gasteiger partial charge in [-0.05, 0) is 24.6 Å². The van der Waals surface area contributed by atoms with E-state index in [0.29, 0.717) is 11.0 Å². The fourth-order valence-corrected chi connectivity index (χ4v) is 2.66. The number of hydrogen-bond acceptors (Lipinski definition) is 3. The largest absolute Gasteiger partial charge is 0.369 e. The van der Waals surface area contributed by atoms with Crippen LogP contribution >= 0.6 is 11.6 Å². The fraction of sp³-hybridized carbons (Fsp3) is 0.286. The molecule has 0 saturated heterocycles. The van der Waals surface area contributed by atoms with Gasteiger partial charge in [-0.25, -0.2) is 9.67 Å². The number of imidazole rings is 1. The van der Waals surface area contributed by atoms with E-state index in [4.69, 9.17) is 17.3 Å². The third-order valence-corrected chi connectivity index (χ3v) is 3.52. The van der Waals surface area contributed by atoms with Gasteiger partial charge in [0.2, 0.25) is 5.95 Å². The number of halogens is 1. The molecule has 0 unspecified atom stereocenters. The zero-order valence-corrected chi connectivity index (χ0v) is 12.2. The molecule has 2 heterocycles. The highest BCUT2D eigenvalue weighted by Gasteiger charge is 2.18. The predicted molar refractivity (Wildman–Crippen MR) is 81.3 cm³/mol. The minimum Gasteiger partial charge on any atom is -0.369 e. The highest BCUT2D eigenvalue weighted by Crippen LogP contribution is 2.26. The van der Waals surface area contributed by atoms with Gasteiger partial charge in [0, 0.05) is 12.1 Å². The molecule has 3 aromatic rings. The smallest absolute Gasteiger partial charge is 0.207 e. The summed E-state index contributed by atoms with van der Waals surface area (Å²) in [7, 11) is 1.91. The summed E-state index contributed by atoms with van der Waals surface area (Å²) in [5.41, 5.74) is 9.72. The molecule has 0 bridgehead atoms. The van der Waals surface area contributed by atoms with Gasteiger partial charge in [0.15, 0.2) is 5.65 Å². The molecular weight excluding hydrogens is 274 g/mol. The van der Waals surface area contributed by atoms with Crippen LogP contribution in [-0.4, -0.2) is 19.3 Å². The molecule has 0 aliphatic heterocycles. The number of nitrogen functional groups attached to an aromatic ring is 1. The Morgan fingerprint density at radius 3 is 2.85 bits per heavy atom. The number of aryl methyl sites for hydroxylation is 2. The Balaban J connectivity index is 2.28. The third kappa shape index (κ3) is 1.94. The first-order valence-corrected chi connectivity index (χ1v) is 6.95. The SMILES string of the molecule is CCCc1nn(C)c2c1nc(N)n2-c1cccc(Cl)c1. The number of fused-ring (bicyclic) bond motifs is 1. The molecule has 0 amide bonds. The maximum absolute atomic E-state index is 6.08. The number of benzene rings is 1. The standard InChI is InChI=1S/C14H16ClN5/c1-3-5-11-12-13(19(2)18-11)20(14(16)17-12)10-7-4-6-9(15)8-10/h4,6-8H,3,5H2,1-2H3,(H2,16,17). The average molecular weight is 290 g/mol. The van der Waals surface area contributed by atoms with Crippen LogP contribution in [0, 0.1) is 0 Å². The molecule has 1 aromatic carbocycles. The fourth-order valence-electron chi connectivity index (χ4n) is 2.47. The average Bonchev–Trinajstić information content (AvgIpc) is 2.88. The molecule has 0 saturated carbocycles. The normalized spacial score (nSPS) is 11.3. The van der Waals surface area contributed by atoms with Crippen LogP contribution in [0.25, 0.3) is 16.9 Å². The highest BCUT2D eigenvalue weighted by atomic mass is 35.5. The Hall–Kier alpha value is -2.01. The zero-order chi connectivity index (χ0) is 14.3. The number of anilines is 1. The maximum atomic E-state index is 6.08. The van der Waals surface area contributed by atoms with E-state index in [1.165, 1.54) is 0 Å². The number of aromatic nitrogens is 4. The van der Waals surface area contributed by atoms with Gasteiger partial charge in [-0.3, -0.25) is 4.57 Å². The van der Waals surface area contributed by atoms with Crippen molar-refractivity contribution in [2.45, 2.75) is 19.8 Å². The van der Waals surface area contributed by atoms with Gasteiger partial charge < -0.3 is 5.73 Å². The number of hydrogen-bond donors (Lipinski definition) is 1. The molecule has 0 aliphatic carbocycles. The Kier molecular flexibility index (Phi) is 3.14. The first kappa shape index (κ1) is 13.0. The molecule has 0 fully saturated rings. The molecule has 3 rings (SSSR count). The lowest BCUT2D eigenvalue weighted by Gasteiger charge is -2.07. The van der Waals surface area contributed by atoms with Crippen molar-refractivity contribution in [2.75, 3.05) is 5.73 Å². The summed E-state index contributed by atoms with van der Waals surface area (Å²) in [6.07, 6.45) is 1.92. The van der Waals surface area contributed by atoms with Crippen LogP contribution in [0.15, 0.2) is 24.3 Å². The topological polar surface area (TPSA) is 61.7 Å². The molecule has 0 radical (unpaired) electrons. The van der Waals surface area contributed by atoms with Crippen molar-refractivity contribution in [1.82, 2.24) is 19.3 Å². The molecule has 0 spiro atoms. The molecule has 20 heavy (non-hydrogen) atoms. The van der Waals surface area contributed by atoms with E-state index in [9.17, 15) is 0 Å². The number of nitrogens with two attached hydrogens (primary N) is 1. The van der Waals surface area contributed by atoms with Gasteiger partial charge in [-0.1, -0.05) is 31.0 Å². The lowest BCUT2D eigenvalue weighted by Crippen LogP contribution is -2.05. The quantitative estimate of drug-likeness (QED) is 0.806. The Morgan fingerprint density at radius 2 is 2.15 bits per heavy atom. The Labute approximate surface area is 122 Å². The van der Waals surface area contributed by atoms with Gasteiger partial charge in [0.25, 0.3) is 0 Å². The molecule has 2 N–H and O–H groups in total. The van der Waals surface area contributed by atoms with Crippen molar-refractivity contribution in [3.8, 4) is 5.69 Å². The second-order valence-electron chi connectivity index (χ2n) is 4.78. The van der Waals surface area contributed by atoms with Crippen LogP contribution in [0.1, 0.15) is 19.0 Å². The van der Waals surface area contributed by atoms with E-state index in [0.717, 1.165) is 35.4 Å². The predicted octanol–water partition coefficient (Wildman–Crippen LogP) is 2.95. The van der Waals surface area contributed by atoms with Crippen molar-refractivity contribution in [3.63, 3.8) is 0 Å².